The fourth-order valence-corrected chi connectivity index (χ4v) is 7.80. The van der Waals surface area contributed by atoms with Gasteiger partial charge in [-0.2, -0.15) is 0 Å². The van der Waals surface area contributed by atoms with Gasteiger partial charge in [-0.3, -0.25) is 9.69 Å². The van der Waals surface area contributed by atoms with Gasteiger partial charge in [0.15, 0.2) is 0 Å². The number of nitrogens with one attached hydrogen (secondary N) is 1. The summed E-state index contributed by atoms with van der Waals surface area (Å²) in [5.74, 6) is 2.81. The van der Waals surface area contributed by atoms with E-state index in [0.717, 1.165) is 56.7 Å². The number of hydrogen-bond donors (Lipinski definition) is 1. The van der Waals surface area contributed by atoms with Crippen LogP contribution in [-0.2, 0) is 4.79 Å². The molecule has 4 saturated carbocycles. The zero-order valence-corrected chi connectivity index (χ0v) is 18.0. The fourth-order valence-electron chi connectivity index (χ4n) is 7.80. The largest absolute Gasteiger partial charge is 0.354 e. The van der Waals surface area contributed by atoms with Crippen LogP contribution in [0.25, 0.3) is 10.8 Å². The van der Waals surface area contributed by atoms with Crippen molar-refractivity contribution in [1.82, 2.24) is 10.2 Å². The molecule has 3 heteroatoms. The molecule has 1 amide bonds. The van der Waals surface area contributed by atoms with Gasteiger partial charge in [0.1, 0.15) is 0 Å². The minimum atomic E-state index is -0.0525. The second kappa shape index (κ2) is 7.37. The summed E-state index contributed by atoms with van der Waals surface area (Å²) < 4.78 is 0. The summed E-state index contributed by atoms with van der Waals surface area (Å²) in [7, 11) is 0. The smallest absolute Gasteiger partial charge is 0.226 e. The van der Waals surface area contributed by atoms with E-state index in [1.54, 1.807) is 0 Å². The number of likely N-dealkylation sites (tertiary alicyclic amines) is 1. The van der Waals surface area contributed by atoms with E-state index in [4.69, 9.17) is 0 Å². The lowest BCUT2D eigenvalue weighted by atomic mass is 9.49. The van der Waals surface area contributed by atoms with Crippen molar-refractivity contribution >= 4 is 16.7 Å². The third-order valence-electron chi connectivity index (χ3n) is 8.74. The molecule has 4 bridgehead atoms. The molecule has 5 aliphatic rings. The van der Waals surface area contributed by atoms with E-state index >= 15 is 0 Å². The molecule has 0 unspecified atom stereocenters. The lowest BCUT2D eigenvalue weighted by Crippen LogP contribution is -2.54. The van der Waals surface area contributed by atoms with E-state index in [0.29, 0.717) is 5.91 Å². The maximum atomic E-state index is 13.6. The van der Waals surface area contributed by atoms with Gasteiger partial charge in [-0.25, -0.2) is 0 Å². The predicted molar refractivity (Wildman–Crippen MR) is 121 cm³/mol. The van der Waals surface area contributed by atoms with Gasteiger partial charge >= 0.3 is 0 Å². The van der Waals surface area contributed by atoms with E-state index in [-0.39, 0.29) is 11.5 Å². The van der Waals surface area contributed by atoms with Crippen molar-refractivity contribution in [3.05, 3.63) is 48.0 Å². The van der Waals surface area contributed by atoms with E-state index in [2.05, 4.69) is 52.7 Å². The Morgan fingerprint density at radius 3 is 2.27 bits per heavy atom. The van der Waals surface area contributed by atoms with Gasteiger partial charge < -0.3 is 5.32 Å². The lowest BCUT2D eigenvalue weighted by molar-refractivity contribution is -0.146. The van der Waals surface area contributed by atoms with Crippen molar-refractivity contribution in [1.29, 1.82) is 0 Å². The van der Waals surface area contributed by atoms with Crippen LogP contribution >= 0.6 is 0 Å². The highest BCUT2D eigenvalue weighted by molar-refractivity contribution is 5.86. The molecule has 4 aliphatic carbocycles. The lowest BCUT2D eigenvalue weighted by Gasteiger charge is -2.55. The molecule has 0 aromatic heterocycles. The quantitative estimate of drug-likeness (QED) is 0.735. The third-order valence-corrected chi connectivity index (χ3v) is 8.74. The summed E-state index contributed by atoms with van der Waals surface area (Å²) in [5.41, 5.74) is 1.32. The van der Waals surface area contributed by atoms with Gasteiger partial charge in [0, 0.05) is 12.0 Å². The average molecular weight is 403 g/mol. The number of benzene rings is 2. The molecule has 0 spiro atoms. The molecule has 158 valence electrons. The second-order valence-corrected chi connectivity index (χ2v) is 10.7. The number of hydrogen-bond acceptors (Lipinski definition) is 2. The molecule has 1 aliphatic heterocycles. The zero-order valence-electron chi connectivity index (χ0n) is 18.0. The highest BCUT2D eigenvalue weighted by Crippen LogP contribution is 2.60. The first-order valence-electron chi connectivity index (χ1n) is 12.2. The first kappa shape index (κ1) is 18.9. The average Bonchev–Trinajstić information content (AvgIpc) is 3.27. The molecule has 1 heterocycles. The molecule has 7 rings (SSSR count). The van der Waals surface area contributed by atoms with Crippen LogP contribution in [0, 0.1) is 23.2 Å². The zero-order chi connectivity index (χ0) is 20.1. The standard InChI is InChI=1S/C27H34N2O/c30-26(27-15-19-12-20(16-27)14-21(13-19)17-27)28-18-25(29-10-3-4-11-29)24-9-5-7-22-6-1-2-8-23(22)24/h1-2,5-9,19-21,25H,3-4,10-18H2,(H,28,30)/t19?,20?,21?,25-,27?/m1/s1. The predicted octanol–water partition coefficient (Wildman–Crippen LogP) is 5.31. The van der Waals surface area contributed by atoms with Crippen LogP contribution in [0.1, 0.15) is 63.0 Å². The highest BCUT2D eigenvalue weighted by atomic mass is 16.2. The first-order valence-corrected chi connectivity index (χ1v) is 12.2. The van der Waals surface area contributed by atoms with Crippen LogP contribution in [0.4, 0.5) is 0 Å². The summed E-state index contributed by atoms with van der Waals surface area (Å²) in [4.78, 5) is 16.2. The van der Waals surface area contributed by atoms with Crippen molar-refractivity contribution in [2.45, 2.75) is 57.4 Å². The Balaban J connectivity index is 1.26. The third kappa shape index (κ3) is 3.17. The number of rotatable bonds is 5. The van der Waals surface area contributed by atoms with E-state index in [1.807, 2.05) is 0 Å². The Morgan fingerprint density at radius 2 is 1.57 bits per heavy atom. The highest BCUT2D eigenvalue weighted by Gasteiger charge is 2.54. The van der Waals surface area contributed by atoms with Crippen molar-refractivity contribution in [3.63, 3.8) is 0 Å². The molecular weight excluding hydrogens is 368 g/mol. The van der Waals surface area contributed by atoms with Gasteiger partial charge in [-0.15, -0.1) is 0 Å². The molecule has 30 heavy (non-hydrogen) atoms. The molecule has 2 aromatic carbocycles. The maximum absolute atomic E-state index is 13.6. The first-order chi connectivity index (χ1) is 14.7. The van der Waals surface area contributed by atoms with Crippen LogP contribution in [0.5, 0.6) is 0 Å². The van der Waals surface area contributed by atoms with E-state index in [1.165, 1.54) is 48.4 Å². The summed E-state index contributed by atoms with van der Waals surface area (Å²) in [6.45, 7) is 3.02. The monoisotopic (exact) mass is 402 g/mol. The molecule has 0 radical (unpaired) electrons. The van der Waals surface area contributed by atoms with Gasteiger partial charge in [0.25, 0.3) is 0 Å². The Morgan fingerprint density at radius 1 is 0.933 bits per heavy atom. The topological polar surface area (TPSA) is 32.3 Å². The van der Waals surface area contributed by atoms with E-state index < -0.39 is 0 Å². The minimum absolute atomic E-state index is 0.0525. The number of nitrogens with zero attached hydrogens (tertiary/aromatic N) is 1. The van der Waals surface area contributed by atoms with Crippen LogP contribution in [-0.4, -0.2) is 30.4 Å². The molecule has 3 nitrogen and oxygen atoms in total. The Labute approximate surface area is 180 Å². The van der Waals surface area contributed by atoms with Crippen LogP contribution in [0.2, 0.25) is 0 Å². The molecule has 1 saturated heterocycles. The number of carbonyl (C=O) groups excluding carboxylic acids is 1. The summed E-state index contributed by atoms with van der Waals surface area (Å²) in [6, 6.07) is 15.6. The number of carbonyl (C=O) groups is 1. The normalized spacial score (nSPS) is 33.8. The van der Waals surface area contributed by atoms with Gasteiger partial charge in [0.05, 0.1) is 6.04 Å². The summed E-state index contributed by atoms with van der Waals surface area (Å²) >= 11 is 0. The van der Waals surface area contributed by atoms with Gasteiger partial charge in [-0.1, -0.05) is 42.5 Å². The molecule has 1 atom stereocenters. The molecule has 1 N–H and O–H groups in total. The maximum Gasteiger partial charge on any atom is 0.226 e. The van der Waals surface area contributed by atoms with Crippen LogP contribution in [0.3, 0.4) is 0 Å². The Bertz CT molecular complexity index is 904. The van der Waals surface area contributed by atoms with Crippen molar-refractivity contribution in [2.75, 3.05) is 19.6 Å². The van der Waals surface area contributed by atoms with Crippen molar-refractivity contribution < 1.29 is 4.79 Å². The van der Waals surface area contributed by atoms with Gasteiger partial charge in [0.2, 0.25) is 5.91 Å². The number of fused-ring (bicyclic) bond motifs is 1. The number of amides is 1. The van der Waals surface area contributed by atoms with Gasteiger partial charge in [-0.05, 0) is 98.5 Å². The van der Waals surface area contributed by atoms with Crippen LogP contribution in [0.15, 0.2) is 42.5 Å². The van der Waals surface area contributed by atoms with Crippen molar-refractivity contribution in [2.24, 2.45) is 23.2 Å². The Hall–Kier alpha value is -1.87. The summed E-state index contributed by atoms with van der Waals surface area (Å²) in [5, 5.41) is 6.13. The minimum Gasteiger partial charge on any atom is -0.354 e. The second-order valence-electron chi connectivity index (χ2n) is 10.7. The van der Waals surface area contributed by atoms with E-state index in [9.17, 15) is 4.79 Å². The van der Waals surface area contributed by atoms with Crippen molar-refractivity contribution in [3.8, 4) is 0 Å². The summed E-state index contributed by atoms with van der Waals surface area (Å²) in [6.07, 6.45) is 10.1. The SMILES string of the molecule is O=C(NC[C@H](c1cccc2ccccc12)N1CCCC1)C12CC3CC(CC(C3)C1)C2. The molecule has 5 fully saturated rings. The molecular formula is C27H34N2O. The Kier molecular flexibility index (Phi) is 4.63. The molecule has 2 aromatic rings. The van der Waals surface area contributed by atoms with Crippen LogP contribution < -0.4 is 5.32 Å². The fraction of sp³-hybridized carbons (Fsp3) is 0.593.